The number of rotatable bonds is 4. The average molecular weight is 301 g/mol. The van der Waals surface area contributed by atoms with Crippen LogP contribution in [0.25, 0.3) is 0 Å². The molecule has 0 aliphatic carbocycles. The molecule has 0 saturated heterocycles. The van der Waals surface area contributed by atoms with Gasteiger partial charge in [-0.1, -0.05) is 11.6 Å². The van der Waals surface area contributed by atoms with Gasteiger partial charge >= 0.3 is 0 Å². The van der Waals surface area contributed by atoms with Crippen LogP contribution >= 0.6 is 23.2 Å². The molecule has 1 unspecified atom stereocenters. The standard InChI is InChI=1S/C14H14Cl2O3/c1-8-6-9(7-19-8)12(15)10-4-5-11(17-2)13(16)14(10)18-3/h4-7,12H,1-3H3. The van der Waals surface area contributed by atoms with Gasteiger partial charge in [-0.3, -0.25) is 0 Å². The van der Waals surface area contributed by atoms with E-state index in [4.69, 9.17) is 37.1 Å². The van der Waals surface area contributed by atoms with Crippen LogP contribution in [0.15, 0.2) is 28.9 Å². The number of benzene rings is 1. The topological polar surface area (TPSA) is 31.6 Å². The van der Waals surface area contributed by atoms with E-state index >= 15 is 0 Å². The minimum atomic E-state index is -0.393. The highest BCUT2D eigenvalue weighted by Gasteiger charge is 2.21. The molecule has 3 nitrogen and oxygen atoms in total. The molecule has 19 heavy (non-hydrogen) atoms. The van der Waals surface area contributed by atoms with Crippen molar-refractivity contribution in [2.24, 2.45) is 0 Å². The van der Waals surface area contributed by atoms with Crippen LogP contribution in [0, 0.1) is 6.92 Å². The van der Waals surface area contributed by atoms with Crippen LogP contribution < -0.4 is 9.47 Å². The fourth-order valence-corrected chi connectivity index (χ4v) is 2.51. The second kappa shape index (κ2) is 5.76. The summed E-state index contributed by atoms with van der Waals surface area (Å²) in [5.74, 6) is 1.87. The summed E-state index contributed by atoms with van der Waals surface area (Å²) in [5.41, 5.74) is 1.63. The summed E-state index contributed by atoms with van der Waals surface area (Å²) in [5, 5.41) is 0.0178. The molecule has 2 aromatic rings. The molecular formula is C14H14Cl2O3. The first-order valence-electron chi connectivity index (χ1n) is 5.68. The highest BCUT2D eigenvalue weighted by atomic mass is 35.5. The lowest BCUT2D eigenvalue weighted by molar-refractivity contribution is 0.392. The van der Waals surface area contributed by atoms with Crippen molar-refractivity contribution in [3.63, 3.8) is 0 Å². The lowest BCUT2D eigenvalue weighted by Gasteiger charge is -2.16. The van der Waals surface area contributed by atoms with Crippen LogP contribution in [0.3, 0.4) is 0 Å². The fraction of sp³-hybridized carbons (Fsp3) is 0.286. The predicted octanol–water partition coefficient (Wildman–Crippen LogP) is 4.59. The van der Waals surface area contributed by atoms with E-state index in [-0.39, 0.29) is 0 Å². The molecule has 0 bridgehead atoms. The van der Waals surface area contributed by atoms with Gasteiger partial charge in [0.15, 0.2) is 0 Å². The lowest BCUT2D eigenvalue weighted by atomic mass is 10.1. The van der Waals surface area contributed by atoms with E-state index in [0.717, 1.165) is 16.9 Å². The summed E-state index contributed by atoms with van der Waals surface area (Å²) in [4.78, 5) is 0. The van der Waals surface area contributed by atoms with Crippen molar-refractivity contribution in [1.29, 1.82) is 0 Å². The molecule has 1 heterocycles. The van der Waals surface area contributed by atoms with Crippen molar-refractivity contribution in [3.8, 4) is 11.5 Å². The Morgan fingerprint density at radius 2 is 1.95 bits per heavy atom. The maximum atomic E-state index is 6.46. The number of alkyl halides is 1. The van der Waals surface area contributed by atoms with Crippen LogP contribution in [-0.2, 0) is 0 Å². The van der Waals surface area contributed by atoms with E-state index in [0.29, 0.717) is 16.5 Å². The number of furan rings is 1. The van der Waals surface area contributed by atoms with E-state index in [1.54, 1.807) is 26.5 Å². The molecule has 0 N–H and O–H groups in total. The Balaban J connectivity index is 2.47. The Morgan fingerprint density at radius 1 is 1.21 bits per heavy atom. The Kier molecular flexibility index (Phi) is 4.27. The van der Waals surface area contributed by atoms with Crippen LogP contribution in [-0.4, -0.2) is 14.2 Å². The zero-order valence-electron chi connectivity index (χ0n) is 10.9. The summed E-state index contributed by atoms with van der Waals surface area (Å²) in [7, 11) is 3.10. The predicted molar refractivity (Wildman–Crippen MR) is 75.7 cm³/mol. The van der Waals surface area contributed by atoms with Gasteiger partial charge in [0.2, 0.25) is 0 Å². The molecule has 0 aliphatic rings. The van der Waals surface area contributed by atoms with Gasteiger partial charge in [0, 0.05) is 11.1 Å². The molecule has 1 aromatic carbocycles. The largest absolute Gasteiger partial charge is 0.495 e. The Labute approximate surface area is 122 Å². The van der Waals surface area contributed by atoms with Gasteiger partial charge in [0.1, 0.15) is 22.3 Å². The van der Waals surface area contributed by atoms with E-state index < -0.39 is 5.38 Å². The van der Waals surface area contributed by atoms with E-state index in [9.17, 15) is 0 Å². The Hall–Kier alpha value is -1.32. The first-order chi connectivity index (χ1) is 9.08. The van der Waals surface area contributed by atoms with Gasteiger partial charge in [-0.05, 0) is 25.1 Å². The van der Waals surface area contributed by atoms with Gasteiger partial charge in [-0.25, -0.2) is 0 Å². The Morgan fingerprint density at radius 3 is 2.47 bits per heavy atom. The molecule has 0 amide bonds. The third-order valence-electron chi connectivity index (χ3n) is 2.83. The maximum absolute atomic E-state index is 6.46. The molecular weight excluding hydrogens is 287 g/mol. The number of hydrogen-bond acceptors (Lipinski definition) is 3. The quantitative estimate of drug-likeness (QED) is 0.774. The van der Waals surface area contributed by atoms with Crippen molar-refractivity contribution in [3.05, 3.63) is 46.4 Å². The monoisotopic (exact) mass is 300 g/mol. The molecule has 0 fully saturated rings. The second-order valence-electron chi connectivity index (χ2n) is 4.06. The fourth-order valence-electron chi connectivity index (χ4n) is 1.89. The molecule has 1 atom stereocenters. The lowest BCUT2D eigenvalue weighted by Crippen LogP contribution is -1.98. The van der Waals surface area contributed by atoms with Crippen LogP contribution in [0.2, 0.25) is 5.02 Å². The highest BCUT2D eigenvalue weighted by Crippen LogP contribution is 2.43. The van der Waals surface area contributed by atoms with Gasteiger partial charge in [-0.15, -0.1) is 11.6 Å². The molecule has 0 spiro atoms. The smallest absolute Gasteiger partial charge is 0.146 e. The molecule has 1 aromatic heterocycles. The summed E-state index contributed by atoms with van der Waals surface area (Å²) in [6.45, 7) is 1.87. The third kappa shape index (κ3) is 2.67. The highest BCUT2D eigenvalue weighted by molar-refractivity contribution is 6.34. The average Bonchev–Trinajstić information content (AvgIpc) is 2.84. The van der Waals surface area contributed by atoms with Gasteiger partial charge in [0.05, 0.1) is 25.9 Å². The van der Waals surface area contributed by atoms with Gasteiger partial charge < -0.3 is 13.9 Å². The summed E-state index contributed by atoms with van der Waals surface area (Å²) in [6, 6.07) is 5.49. The van der Waals surface area contributed by atoms with Crippen molar-refractivity contribution in [2.45, 2.75) is 12.3 Å². The molecule has 0 saturated carbocycles. The van der Waals surface area contributed by atoms with Crippen molar-refractivity contribution < 1.29 is 13.9 Å². The number of aryl methyl sites for hydroxylation is 1. The molecule has 5 heteroatoms. The van der Waals surface area contributed by atoms with Crippen molar-refractivity contribution in [1.82, 2.24) is 0 Å². The maximum Gasteiger partial charge on any atom is 0.146 e. The van der Waals surface area contributed by atoms with Crippen molar-refractivity contribution in [2.75, 3.05) is 14.2 Å². The van der Waals surface area contributed by atoms with Gasteiger partial charge in [-0.2, -0.15) is 0 Å². The van der Waals surface area contributed by atoms with Crippen LogP contribution in [0.4, 0.5) is 0 Å². The summed E-state index contributed by atoms with van der Waals surface area (Å²) < 4.78 is 15.8. The molecule has 2 rings (SSSR count). The number of methoxy groups -OCH3 is 2. The minimum absolute atomic E-state index is 0.393. The normalized spacial score (nSPS) is 12.3. The first-order valence-corrected chi connectivity index (χ1v) is 6.49. The zero-order valence-corrected chi connectivity index (χ0v) is 12.4. The number of halogens is 2. The SMILES string of the molecule is COc1ccc(C(Cl)c2coc(C)c2)c(OC)c1Cl. The molecule has 102 valence electrons. The summed E-state index contributed by atoms with van der Waals surface area (Å²) in [6.07, 6.45) is 1.63. The Bertz CT molecular complexity index is 578. The van der Waals surface area contributed by atoms with Crippen molar-refractivity contribution >= 4 is 23.2 Å². The van der Waals surface area contributed by atoms with E-state index in [1.807, 2.05) is 19.1 Å². The van der Waals surface area contributed by atoms with E-state index in [1.165, 1.54) is 0 Å². The molecule has 0 aliphatic heterocycles. The minimum Gasteiger partial charge on any atom is -0.495 e. The number of hydrogen-bond donors (Lipinski definition) is 0. The summed E-state index contributed by atoms with van der Waals surface area (Å²) >= 11 is 12.7. The molecule has 0 radical (unpaired) electrons. The third-order valence-corrected chi connectivity index (χ3v) is 3.68. The van der Waals surface area contributed by atoms with Crippen LogP contribution in [0.1, 0.15) is 22.3 Å². The van der Waals surface area contributed by atoms with Crippen LogP contribution in [0.5, 0.6) is 11.5 Å². The number of ether oxygens (including phenoxy) is 2. The second-order valence-corrected chi connectivity index (χ2v) is 4.87. The zero-order chi connectivity index (χ0) is 14.0. The first kappa shape index (κ1) is 14.1. The van der Waals surface area contributed by atoms with E-state index in [2.05, 4.69) is 0 Å². The van der Waals surface area contributed by atoms with Gasteiger partial charge in [0.25, 0.3) is 0 Å².